The second-order valence-corrected chi connectivity index (χ2v) is 3.80. The quantitative estimate of drug-likeness (QED) is 0.809. The molecule has 0 aliphatic carbocycles. The van der Waals surface area contributed by atoms with Crippen molar-refractivity contribution in [3.63, 3.8) is 0 Å². The molecule has 1 heterocycles. The van der Waals surface area contributed by atoms with Gasteiger partial charge in [0.05, 0.1) is 18.5 Å². The lowest BCUT2D eigenvalue weighted by Crippen LogP contribution is -2.23. The molecule has 5 nitrogen and oxygen atoms in total. The van der Waals surface area contributed by atoms with Crippen LogP contribution in [0.25, 0.3) is 5.69 Å². The first-order valence-corrected chi connectivity index (χ1v) is 5.69. The number of halogens is 3. The second kappa shape index (κ2) is 5.32. The van der Waals surface area contributed by atoms with Gasteiger partial charge in [-0.3, -0.25) is 4.79 Å². The summed E-state index contributed by atoms with van der Waals surface area (Å²) in [5.74, 6) is -1.39. The van der Waals surface area contributed by atoms with Crippen molar-refractivity contribution in [3.8, 4) is 11.4 Å². The zero-order valence-electron chi connectivity index (χ0n) is 10.4. The molecule has 20 heavy (non-hydrogen) atoms. The first kappa shape index (κ1) is 14.0. The predicted octanol–water partition coefficient (Wildman–Crippen LogP) is 2.41. The molecule has 106 valence electrons. The van der Waals surface area contributed by atoms with E-state index in [0.717, 1.165) is 10.9 Å². The molecule has 0 saturated heterocycles. The van der Waals surface area contributed by atoms with Gasteiger partial charge in [-0.25, -0.2) is 4.68 Å². The monoisotopic (exact) mass is 285 g/mol. The van der Waals surface area contributed by atoms with E-state index in [-0.39, 0.29) is 0 Å². The Labute approximate surface area is 112 Å². The van der Waals surface area contributed by atoms with Gasteiger partial charge < -0.3 is 4.74 Å². The van der Waals surface area contributed by atoms with E-state index in [0.29, 0.717) is 18.0 Å². The third-order valence-corrected chi connectivity index (χ3v) is 2.40. The van der Waals surface area contributed by atoms with Crippen LogP contribution in [0.15, 0.2) is 30.5 Å². The molecule has 8 heteroatoms. The summed E-state index contributed by atoms with van der Waals surface area (Å²) in [6, 6.07) is 6.49. The SMILES string of the molecule is CCOc1ccc(-n2cc(C(=O)C(F)(F)F)nn2)cc1. The summed E-state index contributed by atoms with van der Waals surface area (Å²) < 4.78 is 43.1. The van der Waals surface area contributed by atoms with E-state index in [2.05, 4.69) is 10.3 Å². The summed E-state index contributed by atoms with van der Waals surface area (Å²) >= 11 is 0. The Morgan fingerprint density at radius 1 is 1.30 bits per heavy atom. The van der Waals surface area contributed by atoms with Gasteiger partial charge in [0, 0.05) is 0 Å². The molecule has 0 spiro atoms. The maximum absolute atomic E-state index is 12.2. The number of rotatable bonds is 4. The van der Waals surface area contributed by atoms with Gasteiger partial charge in [0.25, 0.3) is 5.78 Å². The van der Waals surface area contributed by atoms with Gasteiger partial charge >= 0.3 is 6.18 Å². The number of benzene rings is 1. The second-order valence-electron chi connectivity index (χ2n) is 3.80. The van der Waals surface area contributed by atoms with Crippen LogP contribution in [0.3, 0.4) is 0 Å². The lowest BCUT2D eigenvalue weighted by Gasteiger charge is -2.04. The summed E-state index contributed by atoms with van der Waals surface area (Å²) in [5.41, 5.74) is -0.270. The zero-order chi connectivity index (χ0) is 14.8. The van der Waals surface area contributed by atoms with Gasteiger partial charge in [-0.15, -0.1) is 5.10 Å². The Morgan fingerprint density at radius 2 is 1.95 bits per heavy atom. The summed E-state index contributed by atoms with van der Waals surface area (Å²) in [4.78, 5) is 11.0. The average Bonchev–Trinajstić information content (AvgIpc) is 2.87. The van der Waals surface area contributed by atoms with Crippen LogP contribution in [-0.4, -0.2) is 33.6 Å². The van der Waals surface area contributed by atoms with E-state index in [9.17, 15) is 18.0 Å². The predicted molar refractivity (Wildman–Crippen MR) is 62.9 cm³/mol. The van der Waals surface area contributed by atoms with E-state index in [1.807, 2.05) is 6.92 Å². The lowest BCUT2D eigenvalue weighted by atomic mass is 10.3. The van der Waals surface area contributed by atoms with Crippen molar-refractivity contribution in [2.45, 2.75) is 13.1 Å². The van der Waals surface area contributed by atoms with Crippen LogP contribution in [0.4, 0.5) is 13.2 Å². The first-order valence-electron chi connectivity index (χ1n) is 5.69. The standard InChI is InChI=1S/C12H10F3N3O2/c1-2-20-9-5-3-8(4-6-9)18-7-10(16-17-18)11(19)12(13,14)15/h3-7H,2H2,1H3. The van der Waals surface area contributed by atoms with Gasteiger partial charge in [0.15, 0.2) is 5.69 Å². The van der Waals surface area contributed by atoms with Crippen LogP contribution in [0.2, 0.25) is 0 Å². The van der Waals surface area contributed by atoms with E-state index < -0.39 is 17.7 Å². The molecular weight excluding hydrogens is 275 g/mol. The minimum atomic E-state index is -4.96. The van der Waals surface area contributed by atoms with Crippen molar-refractivity contribution < 1.29 is 22.7 Å². The van der Waals surface area contributed by atoms with E-state index >= 15 is 0 Å². The Hall–Kier alpha value is -2.38. The van der Waals surface area contributed by atoms with Gasteiger partial charge in [0.1, 0.15) is 5.75 Å². The van der Waals surface area contributed by atoms with Crippen LogP contribution in [0.5, 0.6) is 5.75 Å². The molecular formula is C12H10F3N3O2. The number of carbonyl (C=O) groups is 1. The Balaban J connectivity index is 2.22. The first-order chi connectivity index (χ1) is 9.41. The zero-order valence-corrected chi connectivity index (χ0v) is 10.4. The summed E-state index contributed by atoms with van der Waals surface area (Å²) in [5, 5.41) is 6.73. The Bertz CT molecular complexity index is 605. The highest BCUT2D eigenvalue weighted by atomic mass is 19.4. The molecule has 0 bridgehead atoms. The third kappa shape index (κ3) is 2.95. The average molecular weight is 285 g/mol. The van der Waals surface area contributed by atoms with Crippen molar-refractivity contribution >= 4 is 5.78 Å². The van der Waals surface area contributed by atoms with Crippen molar-refractivity contribution in [2.75, 3.05) is 6.61 Å². The van der Waals surface area contributed by atoms with Crippen LogP contribution in [0.1, 0.15) is 17.4 Å². The van der Waals surface area contributed by atoms with Crippen molar-refractivity contribution in [2.24, 2.45) is 0 Å². The van der Waals surface area contributed by atoms with Gasteiger partial charge in [0.2, 0.25) is 0 Å². The Kier molecular flexibility index (Phi) is 3.73. The molecule has 1 aromatic heterocycles. The number of carbonyl (C=O) groups excluding carboxylic acids is 1. The van der Waals surface area contributed by atoms with Crippen LogP contribution in [-0.2, 0) is 0 Å². The summed E-state index contributed by atoms with van der Waals surface area (Å²) in [6.07, 6.45) is -4.02. The van der Waals surface area contributed by atoms with Crippen molar-refractivity contribution in [1.29, 1.82) is 0 Å². The number of ether oxygens (including phenoxy) is 1. The smallest absolute Gasteiger partial charge is 0.456 e. The molecule has 0 N–H and O–H groups in total. The molecule has 0 aliphatic rings. The van der Waals surface area contributed by atoms with Crippen molar-refractivity contribution in [3.05, 3.63) is 36.2 Å². The molecule has 0 amide bonds. The molecule has 2 aromatic rings. The topological polar surface area (TPSA) is 57.0 Å². The van der Waals surface area contributed by atoms with E-state index in [1.54, 1.807) is 24.3 Å². The molecule has 0 radical (unpaired) electrons. The maximum Gasteiger partial charge on any atom is 0.456 e. The molecule has 2 rings (SSSR count). The molecule has 0 aliphatic heterocycles. The van der Waals surface area contributed by atoms with Crippen LogP contribution in [0, 0.1) is 0 Å². The van der Waals surface area contributed by atoms with Crippen LogP contribution < -0.4 is 4.74 Å². The minimum absolute atomic E-state index is 0.474. The molecule has 0 unspecified atom stereocenters. The van der Waals surface area contributed by atoms with E-state index in [1.165, 1.54) is 0 Å². The molecule has 0 atom stereocenters. The molecule has 0 fully saturated rings. The van der Waals surface area contributed by atoms with Gasteiger partial charge in [-0.2, -0.15) is 13.2 Å². The highest BCUT2D eigenvalue weighted by Gasteiger charge is 2.41. The fourth-order valence-corrected chi connectivity index (χ4v) is 1.50. The van der Waals surface area contributed by atoms with Crippen LogP contribution >= 0.6 is 0 Å². The summed E-state index contributed by atoms with van der Waals surface area (Å²) in [7, 11) is 0. The minimum Gasteiger partial charge on any atom is -0.494 e. The third-order valence-electron chi connectivity index (χ3n) is 2.40. The molecule has 0 saturated carbocycles. The Morgan fingerprint density at radius 3 is 2.50 bits per heavy atom. The highest BCUT2D eigenvalue weighted by Crippen LogP contribution is 2.21. The number of Topliss-reactive ketones (excluding diaryl/α,β-unsaturated/α-hetero) is 1. The number of aromatic nitrogens is 3. The van der Waals surface area contributed by atoms with E-state index in [4.69, 9.17) is 4.74 Å². The fraction of sp³-hybridized carbons (Fsp3) is 0.250. The number of alkyl halides is 3. The molecule has 1 aromatic carbocycles. The largest absolute Gasteiger partial charge is 0.494 e. The summed E-state index contributed by atoms with van der Waals surface area (Å²) in [6.45, 7) is 2.34. The number of ketones is 1. The number of hydrogen-bond donors (Lipinski definition) is 0. The highest BCUT2D eigenvalue weighted by molar-refractivity contribution is 5.98. The van der Waals surface area contributed by atoms with Gasteiger partial charge in [-0.05, 0) is 31.2 Å². The lowest BCUT2D eigenvalue weighted by molar-refractivity contribution is -0.0888. The van der Waals surface area contributed by atoms with Gasteiger partial charge in [-0.1, -0.05) is 5.21 Å². The number of hydrogen-bond acceptors (Lipinski definition) is 4. The maximum atomic E-state index is 12.2. The fourth-order valence-electron chi connectivity index (χ4n) is 1.50. The number of nitrogens with zero attached hydrogens (tertiary/aromatic N) is 3. The van der Waals surface area contributed by atoms with Crippen molar-refractivity contribution in [1.82, 2.24) is 15.0 Å². The normalized spacial score (nSPS) is 11.4.